The van der Waals surface area contributed by atoms with Crippen LogP contribution in [0.4, 0.5) is 5.69 Å². The second-order valence-electron chi connectivity index (χ2n) is 5.16. The molecule has 2 rings (SSSR count). The molecule has 0 bridgehead atoms. The molecule has 0 aliphatic heterocycles. The van der Waals surface area contributed by atoms with Gasteiger partial charge in [-0.2, -0.15) is 0 Å². The van der Waals surface area contributed by atoms with E-state index in [1.165, 1.54) is 0 Å². The van der Waals surface area contributed by atoms with Crippen molar-refractivity contribution in [2.24, 2.45) is 0 Å². The fraction of sp³-hybridized carbons (Fsp3) is 0.278. The Morgan fingerprint density at radius 3 is 2.55 bits per heavy atom. The molecule has 2 aromatic rings. The number of ether oxygens (including phenoxy) is 1. The number of anilines is 1. The quantitative estimate of drug-likeness (QED) is 0.861. The van der Waals surface area contributed by atoms with Crippen LogP contribution in [0, 0.1) is 6.92 Å². The number of carbonyl (C=O) groups is 1. The topological polar surface area (TPSA) is 38.3 Å². The SMILES string of the molecule is CC[C@H](C(=O)Nc1cc(C)c(Cl)cc1OC)c1ccccc1. The summed E-state index contributed by atoms with van der Waals surface area (Å²) in [7, 11) is 1.56. The molecule has 0 saturated carbocycles. The van der Waals surface area contributed by atoms with Gasteiger partial charge in [-0.25, -0.2) is 0 Å². The van der Waals surface area contributed by atoms with E-state index < -0.39 is 0 Å². The van der Waals surface area contributed by atoms with Gasteiger partial charge in [0.25, 0.3) is 0 Å². The highest BCUT2D eigenvalue weighted by molar-refractivity contribution is 6.31. The number of halogens is 1. The van der Waals surface area contributed by atoms with Crippen LogP contribution in [0.2, 0.25) is 5.02 Å². The summed E-state index contributed by atoms with van der Waals surface area (Å²) in [5.41, 5.74) is 2.54. The number of hydrogen-bond acceptors (Lipinski definition) is 2. The minimum Gasteiger partial charge on any atom is -0.495 e. The Labute approximate surface area is 136 Å². The van der Waals surface area contributed by atoms with Crippen LogP contribution in [0.3, 0.4) is 0 Å². The van der Waals surface area contributed by atoms with Crippen LogP contribution in [0.25, 0.3) is 0 Å². The summed E-state index contributed by atoms with van der Waals surface area (Å²) in [5.74, 6) is 0.322. The van der Waals surface area contributed by atoms with Gasteiger partial charge < -0.3 is 10.1 Å². The minimum atomic E-state index is -0.193. The second-order valence-corrected chi connectivity index (χ2v) is 5.57. The summed E-state index contributed by atoms with van der Waals surface area (Å²) >= 11 is 6.09. The van der Waals surface area contributed by atoms with Crippen molar-refractivity contribution < 1.29 is 9.53 Å². The predicted molar refractivity (Wildman–Crippen MR) is 90.8 cm³/mol. The molecule has 0 heterocycles. The maximum atomic E-state index is 12.6. The van der Waals surface area contributed by atoms with Gasteiger partial charge in [-0.3, -0.25) is 4.79 Å². The summed E-state index contributed by atoms with van der Waals surface area (Å²) in [6.45, 7) is 3.90. The largest absolute Gasteiger partial charge is 0.495 e. The number of hydrogen-bond donors (Lipinski definition) is 1. The van der Waals surface area contributed by atoms with E-state index in [1.807, 2.05) is 50.2 Å². The molecular formula is C18H20ClNO2. The van der Waals surface area contributed by atoms with Crippen LogP contribution in [0.15, 0.2) is 42.5 Å². The maximum absolute atomic E-state index is 12.6. The van der Waals surface area contributed by atoms with Crippen LogP contribution in [-0.4, -0.2) is 13.0 Å². The van der Waals surface area contributed by atoms with Crippen LogP contribution in [0.1, 0.15) is 30.4 Å². The van der Waals surface area contributed by atoms with Crippen LogP contribution >= 0.6 is 11.6 Å². The Hall–Kier alpha value is -2.00. The van der Waals surface area contributed by atoms with Crippen LogP contribution in [-0.2, 0) is 4.79 Å². The number of carbonyl (C=O) groups excluding carboxylic acids is 1. The van der Waals surface area contributed by atoms with E-state index >= 15 is 0 Å². The lowest BCUT2D eigenvalue weighted by Crippen LogP contribution is -2.21. The molecular weight excluding hydrogens is 298 g/mol. The predicted octanol–water partition coefficient (Wildman–Crippen LogP) is 4.79. The van der Waals surface area contributed by atoms with Crippen molar-refractivity contribution >= 4 is 23.2 Å². The number of nitrogens with one attached hydrogen (secondary N) is 1. The molecule has 0 aliphatic carbocycles. The molecule has 0 radical (unpaired) electrons. The van der Waals surface area contributed by atoms with Gasteiger partial charge in [0, 0.05) is 11.1 Å². The lowest BCUT2D eigenvalue weighted by molar-refractivity contribution is -0.117. The standard InChI is InChI=1S/C18H20ClNO2/c1-4-14(13-8-6-5-7-9-13)18(21)20-16-10-12(2)15(19)11-17(16)22-3/h5-11,14H,4H2,1-3H3,(H,20,21)/t14-/m0/s1. The van der Waals surface area contributed by atoms with Crippen LogP contribution in [0.5, 0.6) is 5.75 Å². The molecule has 0 spiro atoms. The van der Waals surface area contributed by atoms with Crippen molar-refractivity contribution in [1.82, 2.24) is 0 Å². The first-order valence-corrected chi connectivity index (χ1v) is 7.64. The molecule has 3 nitrogen and oxygen atoms in total. The van der Waals surface area contributed by atoms with E-state index in [1.54, 1.807) is 13.2 Å². The van der Waals surface area contributed by atoms with Gasteiger partial charge in [0.1, 0.15) is 5.75 Å². The van der Waals surface area contributed by atoms with Gasteiger partial charge >= 0.3 is 0 Å². The molecule has 1 amide bonds. The normalized spacial score (nSPS) is 11.8. The monoisotopic (exact) mass is 317 g/mol. The molecule has 1 atom stereocenters. The van der Waals surface area contributed by atoms with E-state index in [0.717, 1.165) is 17.5 Å². The summed E-state index contributed by atoms with van der Waals surface area (Å²) in [5, 5.41) is 3.57. The van der Waals surface area contributed by atoms with Gasteiger partial charge in [0.2, 0.25) is 5.91 Å². The van der Waals surface area contributed by atoms with Crippen LogP contribution < -0.4 is 10.1 Å². The first kappa shape index (κ1) is 16.4. The molecule has 1 N–H and O–H groups in total. The Bertz CT molecular complexity index is 656. The third-order valence-corrected chi connectivity index (χ3v) is 4.07. The lowest BCUT2D eigenvalue weighted by atomic mass is 9.95. The van der Waals surface area contributed by atoms with Crippen molar-refractivity contribution in [2.75, 3.05) is 12.4 Å². The molecule has 116 valence electrons. The van der Waals surface area contributed by atoms with E-state index in [-0.39, 0.29) is 11.8 Å². The van der Waals surface area contributed by atoms with Gasteiger partial charge in [0.15, 0.2) is 0 Å². The van der Waals surface area contributed by atoms with Gasteiger partial charge in [-0.05, 0) is 30.5 Å². The maximum Gasteiger partial charge on any atom is 0.232 e. The molecule has 0 unspecified atom stereocenters. The third kappa shape index (κ3) is 3.60. The van der Waals surface area contributed by atoms with Crippen molar-refractivity contribution in [3.05, 3.63) is 58.6 Å². The third-order valence-electron chi connectivity index (χ3n) is 3.67. The van der Waals surface area contributed by atoms with Gasteiger partial charge in [-0.15, -0.1) is 0 Å². The second kappa shape index (κ2) is 7.32. The Balaban J connectivity index is 2.26. The Morgan fingerprint density at radius 2 is 1.95 bits per heavy atom. The Morgan fingerprint density at radius 1 is 1.27 bits per heavy atom. The number of methoxy groups -OCH3 is 1. The highest BCUT2D eigenvalue weighted by Crippen LogP contribution is 2.32. The van der Waals surface area contributed by atoms with Crippen molar-refractivity contribution in [1.29, 1.82) is 0 Å². The zero-order valence-electron chi connectivity index (χ0n) is 13.0. The first-order valence-electron chi connectivity index (χ1n) is 7.26. The van der Waals surface area contributed by atoms with E-state index in [9.17, 15) is 4.79 Å². The Kier molecular flexibility index (Phi) is 5.45. The fourth-order valence-electron chi connectivity index (χ4n) is 2.41. The van der Waals surface area contributed by atoms with Gasteiger partial charge in [-0.1, -0.05) is 48.9 Å². The van der Waals surface area contributed by atoms with E-state index in [4.69, 9.17) is 16.3 Å². The summed E-state index contributed by atoms with van der Waals surface area (Å²) < 4.78 is 5.30. The summed E-state index contributed by atoms with van der Waals surface area (Å²) in [6.07, 6.45) is 0.727. The zero-order valence-corrected chi connectivity index (χ0v) is 13.8. The summed E-state index contributed by atoms with van der Waals surface area (Å²) in [4.78, 5) is 12.6. The van der Waals surface area contributed by atoms with E-state index in [2.05, 4.69) is 5.32 Å². The zero-order chi connectivity index (χ0) is 16.1. The first-order chi connectivity index (χ1) is 10.6. The van der Waals surface area contributed by atoms with Crippen molar-refractivity contribution in [3.8, 4) is 5.75 Å². The molecule has 0 aliphatic rings. The average molecular weight is 318 g/mol. The number of amides is 1. The molecule has 4 heteroatoms. The number of rotatable bonds is 5. The fourth-order valence-corrected chi connectivity index (χ4v) is 2.56. The van der Waals surface area contributed by atoms with Crippen molar-refractivity contribution in [3.63, 3.8) is 0 Å². The average Bonchev–Trinajstić information content (AvgIpc) is 2.52. The molecule has 0 saturated heterocycles. The molecule has 0 fully saturated rings. The lowest BCUT2D eigenvalue weighted by Gasteiger charge is -2.17. The minimum absolute atomic E-state index is 0.0475. The smallest absolute Gasteiger partial charge is 0.232 e. The van der Waals surface area contributed by atoms with E-state index in [0.29, 0.717) is 16.5 Å². The highest BCUT2D eigenvalue weighted by Gasteiger charge is 2.20. The highest BCUT2D eigenvalue weighted by atomic mass is 35.5. The van der Waals surface area contributed by atoms with Gasteiger partial charge in [0.05, 0.1) is 18.7 Å². The summed E-state index contributed by atoms with van der Waals surface area (Å²) in [6, 6.07) is 13.3. The number of aryl methyl sites for hydroxylation is 1. The molecule has 0 aromatic heterocycles. The molecule has 2 aromatic carbocycles. The van der Waals surface area contributed by atoms with Crippen molar-refractivity contribution in [2.45, 2.75) is 26.2 Å². The molecule has 22 heavy (non-hydrogen) atoms. The number of benzene rings is 2.